The summed E-state index contributed by atoms with van der Waals surface area (Å²) in [5, 5.41) is 3.55. The van der Waals surface area contributed by atoms with E-state index in [-0.39, 0.29) is 5.91 Å². The number of nitrogens with one attached hydrogen (secondary N) is 1. The Labute approximate surface area is 151 Å². The van der Waals surface area contributed by atoms with Gasteiger partial charge >= 0.3 is 0 Å². The van der Waals surface area contributed by atoms with E-state index < -0.39 is 0 Å². The second-order valence-electron chi connectivity index (χ2n) is 7.24. The fraction of sp³-hybridized carbons (Fsp3) is 0.737. The van der Waals surface area contributed by atoms with Gasteiger partial charge in [-0.2, -0.15) is 0 Å². The number of aryl methyl sites for hydroxylation is 1. The van der Waals surface area contributed by atoms with Crippen LogP contribution in [0.5, 0.6) is 0 Å². The van der Waals surface area contributed by atoms with Crippen LogP contribution in [0.2, 0.25) is 0 Å². The first kappa shape index (κ1) is 18.1. The normalized spacial score (nSPS) is 20.3. The van der Waals surface area contributed by atoms with E-state index in [2.05, 4.69) is 27.1 Å². The molecular formula is C19H31N5O. The van der Waals surface area contributed by atoms with Crippen LogP contribution in [-0.4, -0.2) is 64.4 Å². The molecule has 6 heteroatoms. The van der Waals surface area contributed by atoms with Crippen molar-refractivity contribution in [3.05, 3.63) is 17.6 Å². The second-order valence-corrected chi connectivity index (χ2v) is 7.24. The maximum Gasteiger partial charge on any atom is 0.272 e. The van der Waals surface area contributed by atoms with E-state index in [0.717, 1.165) is 38.5 Å². The van der Waals surface area contributed by atoms with Gasteiger partial charge < -0.3 is 15.1 Å². The summed E-state index contributed by atoms with van der Waals surface area (Å²) in [5.74, 6) is 1.49. The zero-order valence-corrected chi connectivity index (χ0v) is 15.6. The fourth-order valence-electron chi connectivity index (χ4n) is 3.81. The Bertz CT molecular complexity index is 575. The van der Waals surface area contributed by atoms with Crippen molar-refractivity contribution in [3.8, 4) is 0 Å². The maximum atomic E-state index is 12.8. The zero-order chi connectivity index (χ0) is 17.6. The van der Waals surface area contributed by atoms with Crippen molar-refractivity contribution in [2.24, 2.45) is 0 Å². The van der Waals surface area contributed by atoms with Gasteiger partial charge in [0.15, 0.2) is 0 Å². The predicted octanol–water partition coefficient (Wildman–Crippen LogP) is 2.70. The Morgan fingerprint density at radius 2 is 1.80 bits per heavy atom. The van der Waals surface area contributed by atoms with E-state index in [1.165, 1.54) is 38.5 Å². The Morgan fingerprint density at radius 1 is 1.12 bits per heavy atom. The first-order valence-corrected chi connectivity index (χ1v) is 9.79. The molecule has 1 aliphatic heterocycles. The van der Waals surface area contributed by atoms with Gasteiger partial charge in [0.25, 0.3) is 5.91 Å². The number of carbonyl (C=O) groups excluding carboxylic acids is 1. The molecule has 2 fully saturated rings. The molecule has 2 aliphatic rings. The number of likely N-dealkylation sites (N-methyl/N-ethyl adjacent to an activating group) is 1. The highest BCUT2D eigenvalue weighted by Crippen LogP contribution is 2.21. The highest BCUT2D eigenvalue weighted by Gasteiger charge is 2.23. The number of amides is 1. The van der Waals surface area contributed by atoms with E-state index in [1.807, 2.05) is 17.9 Å². The van der Waals surface area contributed by atoms with Gasteiger partial charge in [0.1, 0.15) is 17.3 Å². The summed E-state index contributed by atoms with van der Waals surface area (Å²) in [4.78, 5) is 26.0. The topological polar surface area (TPSA) is 61.4 Å². The van der Waals surface area contributed by atoms with Gasteiger partial charge in [-0.05, 0) is 26.3 Å². The van der Waals surface area contributed by atoms with Gasteiger partial charge in [-0.15, -0.1) is 0 Å². The van der Waals surface area contributed by atoms with Crippen molar-refractivity contribution < 1.29 is 4.79 Å². The molecule has 0 unspecified atom stereocenters. The van der Waals surface area contributed by atoms with E-state index in [1.54, 1.807) is 0 Å². The quantitative estimate of drug-likeness (QED) is 0.850. The van der Waals surface area contributed by atoms with Crippen LogP contribution in [0.1, 0.15) is 61.8 Å². The van der Waals surface area contributed by atoms with E-state index in [9.17, 15) is 4.79 Å². The lowest BCUT2D eigenvalue weighted by molar-refractivity contribution is 0.0637. The number of nitrogens with zero attached hydrogens (tertiary/aromatic N) is 4. The van der Waals surface area contributed by atoms with Gasteiger partial charge in [-0.25, -0.2) is 9.97 Å². The van der Waals surface area contributed by atoms with Crippen LogP contribution in [0.25, 0.3) is 0 Å². The lowest BCUT2D eigenvalue weighted by atomic mass is 10.1. The summed E-state index contributed by atoms with van der Waals surface area (Å²) in [7, 11) is 0. The van der Waals surface area contributed by atoms with Crippen molar-refractivity contribution in [2.45, 2.75) is 58.4 Å². The maximum absolute atomic E-state index is 12.8. The van der Waals surface area contributed by atoms with Crippen LogP contribution >= 0.6 is 0 Å². The molecule has 1 aromatic rings. The van der Waals surface area contributed by atoms with Gasteiger partial charge in [-0.1, -0.05) is 32.6 Å². The lowest BCUT2D eigenvalue weighted by Gasteiger charge is -2.33. The first-order chi connectivity index (χ1) is 12.2. The monoisotopic (exact) mass is 345 g/mol. The summed E-state index contributed by atoms with van der Waals surface area (Å²) in [6, 6.07) is 2.31. The summed E-state index contributed by atoms with van der Waals surface area (Å²) >= 11 is 0. The van der Waals surface area contributed by atoms with Crippen LogP contribution in [-0.2, 0) is 0 Å². The summed E-state index contributed by atoms with van der Waals surface area (Å²) < 4.78 is 0. The number of hydrogen-bond donors (Lipinski definition) is 1. The largest absolute Gasteiger partial charge is 0.367 e. The predicted molar refractivity (Wildman–Crippen MR) is 99.9 cm³/mol. The Morgan fingerprint density at radius 3 is 2.44 bits per heavy atom. The van der Waals surface area contributed by atoms with Gasteiger partial charge in [0, 0.05) is 38.3 Å². The molecule has 0 atom stereocenters. The van der Waals surface area contributed by atoms with E-state index >= 15 is 0 Å². The smallest absolute Gasteiger partial charge is 0.272 e. The number of piperazine rings is 1. The minimum absolute atomic E-state index is 0.0326. The van der Waals surface area contributed by atoms with Crippen molar-refractivity contribution in [1.82, 2.24) is 19.8 Å². The van der Waals surface area contributed by atoms with Crippen molar-refractivity contribution in [3.63, 3.8) is 0 Å². The molecule has 6 nitrogen and oxygen atoms in total. The minimum Gasteiger partial charge on any atom is -0.367 e. The molecule has 0 radical (unpaired) electrons. The molecule has 0 spiro atoms. The molecule has 138 valence electrons. The highest BCUT2D eigenvalue weighted by molar-refractivity contribution is 5.93. The fourth-order valence-corrected chi connectivity index (χ4v) is 3.81. The van der Waals surface area contributed by atoms with E-state index in [4.69, 9.17) is 0 Å². The molecule has 1 saturated carbocycles. The van der Waals surface area contributed by atoms with Gasteiger partial charge in [0.2, 0.25) is 0 Å². The third-order valence-electron chi connectivity index (χ3n) is 5.37. The van der Waals surface area contributed by atoms with Crippen molar-refractivity contribution in [2.75, 3.05) is 38.0 Å². The number of hydrogen-bond acceptors (Lipinski definition) is 5. The number of rotatable bonds is 4. The van der Waals surface area contributed by atoms with Crippen LogP contribution < -0.4 is 5.32 Å². The number of anilines is 1. The molecule has 25 heavy (non-hydrogen) atoms. The van der Waals surface area contributed by atoms with Crippen molar-refractivity contribution >= 4 is 11.7 Å². The first-order valence-electron chi connectivity index (χ1n) is 9.79. The van der Waals surface area contributed by atoms with Crippen LogP contribution in [0.3, 0.4) is 0 Å². The summed E-state index contributed by atoms with van der Waals surface area (Å²) in [5.41, 5.74) is 0.522. The SMILES string of the molecule is CCN1CCN(C(=O)c2cc(NC3CCCCCC3)nc(C)n2)CC1. The van der Waals surface area contributed by atoms with Crippen LogP contribution in [0.15, 0.2) is 6.07 Å². The molecule has 1 aromatic heterocycles. The zero-order valence-electron chi connectivity index (χ0n) is 15.6. The Kier molecular flexibility index (Phi) is 6.24. The molecule has 3 rings (SSSR count). The van der Waals surface area contributed by atoms with Gasteiger partial charge in [-0.3, -0.25) is 4.79 Å². The summed E-state index contributed by atoms with van der Waals surface area (Å²) in [6.45, 7) is 8.52. The van der Waals surface area contributed by atoms with Crippen molar-refractivity contribution in [1.29, 1.82) is 0 Å². The standard InChI is InChI=1S/C19H31N5O/c1-3-23-10-12-24(13-11-23)19(25)17-14-18(21-15(2)20-17)22-16-8-6-4-5-7-9-16/h14,16H,3-13H2,1-2H3,(H,20,21,22). The molecule has 1 N–H and O–H groups in total. The minimum atomic E-state index is 0.0326. The molecule has 1 amide bonds. The Balaban J connectivity index is 1.67. The van der Waals surface area contributed by atoms with Gasteiger partial charge in [0.05, 0.1) is 0 Å². The average Bonchev–Trinajstić information content (AvgIpc) is 2.89. The molecule has 1 aliphatic carbocycles. The number of carbonyl (C=O) groups is 1. The molecule has 1 saturated heterocycles. The molecule has 0 bridgehead atoms. The molecular weight excluding hydrogens is 314 g/mol. The number of aromatic nitrogens is 2. The highest BCUT2D eigenvalue weighted by atomic mass is 16.2. The Hall–Kier alpha value is -1.69. The average molecular weight is 345 g/mol. The molecule has 0 aromatic carbocycles. The summed E-state index contributed by atoms with van der Waals surface area (Å²) in [6.07, 6.45) is 7.57. The second kappa shape index (κ2) is 8.61. The van der Waals surface area contributed by atoms with Crippen LogP contribution in [0, 0.1) is 6.92 Å². The lowest BCUT2D eigenvalue weighted by Crippen LogP contribution is -2.48. The third-order valence-corrected chi connectivity index (χ3v) is 5.37. The van der Waals surface area contributed by atoms with E-state index in [0.29, 0.717) is 17.6 Å². The third kappa shape index (κ3) is 4.91. The molecule has 2 heterocycles. The van der Waals surface area contributed by atoms with Crippen LogP contribution in [0.4, 0.5) is 5.82 Å².